The normalized spacial score (nSPS) is 18.2. The molecule has 2 N–H and O–H groups in total. The van der Waals surface area contributed by atoms with E-state index in [9.17, 15) is 22.8 Å². The molecule has 1 aromatic rings. The van der Waals surface area contributed by atoms with Gasteiger partial charge in [-0.15, -0.1) is 0 Å². The van der Waals surface area contributed by atoms with Crippen LogP contribution in [0.3, 0.4) is 0 Å². The molecule has 1 heterocycles. The van der Waals surface area contributed by atoms with Crippen molar-refractivity contribution in [2.75, 3.05) is 13.1 Å². The van der Waals surface area contributed by atoms with Crippen LogP contribution in [0.15, 0.2) is 24.3 Å². The first-order valence-corrected chi connectivity index (χ1v) is 7.28. The minimum atomic E-state index is -4.46. The van der Waals surface area contributed by atoms with Gasteiger partial charge in [-0.3, -0.25) is 4.79 Å². The van der Waals surface area contributed by atoms with Crippen LogP contribution < -0.4 is 10.6 Å². The number of amides is 3. The Morgan fingerprint density at radius 1 is 1.35 bits per heavy atom. The van der Waals surface area contributed by atoms with Gasteiger partial charge in [0.25, 0.3) is 0 Å². The summed E-state index contributed by atoms with van der Waals surface area (Å²) in [6, 6.07) is 4.41. The molecule has 1 aliphatic rings. The van der Waals surface area contributed by atoms with Crippen LogP contribution in [0.4, 0.5) is 18.0 Å². The SMILES string of the molecule is CCNC(=O)NC1CC(=O)N(Cc2ccccc2C(F)(F)F)C1. The third-order valence-electron chi connectivity index (χ3n) is 3.57. The van der Waals surface area contributed by atoms with Crippen molar-refractivity contribution < 1.29 is 22.8 Å². The van der Waals surface area contributed by atoms with E-state index in [2.05, 4.69) is 10.6 Å². The van der Waals surface area contributed by atoms with E-state index in [0.29, 0.717) is 6.54 Å². The van der Waals surface area contributed by atoms with Crippen molar-refractivity contribution in [1.29, 1.82) is 0 Å². The molecule has 8 heteroatoms. The van der Waals surface area contributed by atoms with E-state index < -0.39 is 17.8 Å². The molecule has 1 saturated heterocycles. The Morgan fingerprint density at radius 3 is 2.70 bits per heavy atom. The minimum Gasteiger partial charge on any atom is -0.338 e. The fraction of sp³-hybridized carbons (Fsp3) is 0.467. The van der Waals surface area contributed by atoms with E-state index in [1.54, 1.807) is 6.92 Å². The summed E-state index contributed by atoms with van der Waals surface area (Å²) in [5, 5.41) is 5.19. The molecule has 5 nitrogen and oxygen atoms in total. The maximum atomic E-state index is 13.0. The summed E-state index contributed by atoms with van der Waals surface area (Å²) in [4.78, 5) is 24.8. The molecule has 0 aliphatic carbocycles. The van der Waals surface area contributed by atoms with Crippen LogP contribution in [0.2, 0.25) is 0 Å². The molecular weight excluding hydrogens is 311 g/mol. The molecule has 0 bridgehead atoms. The summed E-state index contributed by atoms with van der Waals surface area (Å²) in [7, 11) is 0. The monoisotopic (exact) mass is 329 g/mol. The fourth-order valence-corrected chi connectivity index (χ4v) is 2.56. The van der Waals surface area contributed by atoms with Gasteiger partial charge < -0.3 is 15.5 Å². The maximum absolute atomic E-state index is 13.0. The van der Waals surface area contributed by atoms with E-state index in [1.165, 1.54) is 23.1 Å². The summed E-state index contributed by atoms with van der Waals surface area (Å²) in [6.45, 7) is 2.29. The first-order chi connectivity index (χ1) is 10.8. The lowest BCUT2D eigenvalue weighted by atomic mass is 10.1. The Labute approximate surface area is 131 Å². The van der Waals surface area contributed by atoms with Gasteiger partial charge in [0.1, 0.15) is 0 Å². The standard InChI is InChI=1S/C15H18F3N3O2/c1-2-19-14(23)20-11-7-13(22)21(9-11)8-10-5-3-4-6-12(10)15(16,17)18/h3-6,11H,2,7-9H2,1H3,(H2,19,20,23). The van der Waals surface area contributed by atoms with Crippen LogP contribution in [0.5, 0.6) is 0 Å². The lowest BCUT2D eigenvalue weighted by Crippen LogP contribution is -2.43. The predicted molar refractivity (Wildman–Crippen MR) is 77.5 cm³/mol. The minimum absolute atomic E-state index is 0.0482. The highest BCUT2D eigenvalue weighted by Crippen LogP contribution is 2.32. The Kier molecular flexibility index (Phi) is 5.12. The summed E-state index contributed by atoms with van der Waals surface area (Å²) in [6.07, 6.45) is -4.37. The number of urea groups is 1. The number of alkyl halides is 3. The molecule has 1 atom stereocenters. The molecule has 126 valence electrons. The van der Waals surface area contributed by atoms with Crippen molar-refractivity contribution in [2.45, 2.75) is 32.1 Å². The van der Waals surface area contributed by atoms with Gasteiger partial charge in [0, 0.05) is 26.1 Å². The first kappa shape index (κ1) is 17.1. The van der Waals surface area contributed by atoms with Gasteiger partial charge in [-0.2, -0.15) is 13.2 Å². The number of hydrogen-bond acceptors (Lipinski definition) is 2. The largest absolute Gasteiger partial charge is 0.416 e. The van der Waals surface area contributed by atoms with Crippen molar-refractivity contribution in [3.63, 3.8) is 0 Å². The first-order valence-electron chi connectivity index (χ1n) is 7.28. The second kappa shape index (κ2) is 6.89. The molecule has 1 aliphatic heterocycles. The zero-order chi connectivity index (χ0) is 17.0. The smallest absolute Gasteiger partial charge is 0.338 e. The average molecular weight is 329 g/mol. The molecule has 0 aromatic heterocycles. The Bertz CT molecular complexity index is 590. The number of rotatable bonds is 4. The van der Waals surface area contributed by atoms with Gasteiger partial charge >= 0.3 is 12.2 Å². The number of benzene rings is 1. The molecule has 3 amide bonds. The summed E-state index contributed by atoms with van der Waals surface area (Å²) in [5.74, 6) is -0.274. The molecule has 23 heavy (non-hydrogen) atoms. The lowest BCUT2D eigenvalue weighted by Gasteiger charge is -2.20. The number of likely N-dealkylation sites (tertiary alicyclic amines) is 1. The average Bonchev–Trinajstić information content (AvgIpc) is 2.78. The van der Waals surface area contributed by atoms with Crippen LogP contribution in [0.1, 0.15) is 24.5 Å². The van der Waals surface area contributed by atoms with E-state index in [-0.39, 0.29) is 37.0 Å². The molecule has 1 aromatic carbocycles. The van der Waals surface area contributed by atoms with Gasteiger partial charge in [-0.1, -0.05) is 18.2 Å². The molecule has 0 spiro atoms. The summed E-state index contributed by atoms with van der Waals surface area (Å²) >= 11 is 0. The van der Waals surface area contributed by atoms with Crippen molar-refractivity contribution in [2.24, 2.45) is 0 Å². The highest BCUT2D eigenvalue weighted by molar-refractivity contribution is 5.81. The summed E-state index contributed by atoms with van der Waals surface area (Å²) < 4.78 is 39.0. The van der Waals surface area contributed by atoms with Gasteiger partial charge in [-0.05, 0) is 18.6 Å². The third kappa shape index (κ3) is 4.37. The number of carbonyl (C=O) groups is 2. The Morgan fingerprint density at radius 2 is 2.04 bits per heavy atom. The molecule has 2 rings (SSSR count). The zero-order valence-electron chi connectivity index (χ0n) is 12.6. The molecule has 1 fully saturated rings. The highest BCUT2D eigenvalue weighted by atomic mass is 19.4. The zero-order valence-corrected chi connectivity index (χ0v) is 12.6. The molecular formula is C15H18F3N3O2. The number of nitrogens with one attached hydrogen (secondary N) is 2. The van der Waals surface area contributed by atoms with Crippen molar-refractivity contribution >= 4 is 11.9 Å². The maximum Gasteiger partial charge on any atom is 0.416 e. The lowest BCUT2D eigenvalue weighted by molar-refractivity contribution is -0.139. The quantitative estimate of drug-likeness (QED) is 0.889. The number of hydrogen-bond donors (Lipinski definition) is 2. The van der Waals surface area contributed by atoms with Crippen LogP contribution >= 0.6 is 0 Å². The second-order valence-corrected chi connectivity index (χ2v) is 5.33. The molecule has 1 unspecified atom stereocenters. The van der Waals surface area contributed by atoms with Crippen LogP contribution in [-0.2, 0) is 17.5 Å². The third-order valence-corrected chi connectivity index (χ3v) is 3.57. The van der Waals surface area contributed by atoms with Gasteiger partial charge in [0.05, 0.1) is 11.6 Å². The van der Waals surface area contributed by atoms with Crippen molar-refractivity contribution in [3.05, 3.63) is 35.4 Å². The fourth-order valence-electron chi connectivity index (χ4n) is 2.56. The van der Waals surface area contributed by atoms with Crippen LogP contribution in [-0.4, -0.2) is 36.0 Å². The molecule has 0 saturated carbocycles. The number of halogens is 3. The van der Waals surface area contributed by atoms with E-state index in [4.69, 9.17) is 0 Å². The predicted octanol–water partition coefficient (Wildman–Crippen LogP) is 2.13. The van der Waals surface area contributed by atoms with Crippen LogP contribution in [0.25, 0.3) is 0 Å². The topological polar surface area (TPSA) is 61.4 Å². The van der Waals surface area contributed by atoms with Gasteiger partial charge in [0.15, 0.2) is 0 Å². The van der Waals surface area contributed by atoms with E-state index in [1.807, 2.05) is 0 Å². The van der Waals surface area contributed by atoms with Gasteiger partial charge in [-0.25, -0.2) is 4.79 Å². The van der Waals surface area contributed by atoms with E-state index >= 15 is 0 Å². The number of carbonyl (C=O) groups excluding carboxylic acids is 2. The second-order valence-electron chi connectivity index (χ2n) is 5.33. The number of nitrogens with zero attached hydrogens (tertiary/aromatic N) is 1. The Balaban J connectivity index is 2.04. The van der Waals surface area contributed by atoms with Gasteiger partial charge in [0.2, 0.25) is 5.91 Å². The Hall–Kier alpha value is -2.25. The van der Waals surface area contributed by atoms with Crippen LogP contribution in [0, 0.1) is 0 Å². The molecule has 0 radical (unpaired) electrons. The summed E-state index contributed by atoms with van der Waals surface area (Å²) in [5.41, 5.74) is -0.694. The van der Waals surface area contributed by atoms with Crippen molar-refractivity contribution in [3.8, 4) is 0 Å². The van der Waals surface area contributed by atoms with E-state index in [0.717, 1.165) is 6.07 Å². The highest BCUT2D eigenvalue weighted by Gasteiger charge is 2.35. The van der Waals surface area contributed by atoms with Crippen molar-refractivity contribution in [1.82, 2.24) is 15.5 Å².